The molecular formula is C24H12F9O3P. The van der Waals surface area contributed by atoms with Crippen LogP contribution in [0.15, 0.2) is 109 Å². The lowest BCUT2D eigenvalue weighted by atomic mass is 10.3. The lowest BCUT2D eigenvalue weighted by Crippen LogP contribution is -2.20. The molecule has 0 unspecified atom stereocenters. The number of hydrogen-bond acceptors (Lipinski definition) is 3. The van der Waals surface area contributed by atoms with Crippen molar-refractivity contribution in [3.63, 3.8) is 0 Å². The molecule has 3 rings (SSSR count). The fourth-order valence-corrected chi connectivity index (χ4v) is 5.10. The van der Waals surface area contributed by atoms with Gasteiger partial charge in [0.1, 0.15) is 17.2 Å². The Balaban J connectivity index is 1.97. The van der Waals surface area contributed by atoms with Crippen LogP contribution < -0.4 is 30.1 Å². The van der Waals surface area contributed by atoms with Gasteiger partial charge in [-0.2, -0.15) is 39.5 Å². The van der Waals surface area contributed by atoms with Crippen LogP contribution in [0.25, 0.3) is 0 Å². The highest BCUT2D eigenvalue weighted by Gasteiger charge is 2.19. The monoisotopic (exact) mass is 550 g/mol. The van der Waals surface area contributed by atoms with Crippen molar-refractivity contribution in [3.05, 3.63) is 109 Å². The Kier molecular flexibility index (Phi) is 9.24. The second kappa shape index (κ2) is 12.4. The summed E-state index contributed by atoms with van der Waals surface area (Å²) in [6.07, 6.45) is -7.93. The smallest absolute Gasteiger partial charge is 0.344 e. The van der Waals surface area contributed by atoms with Crippen molar-refractivity contribution in [2.24, 2.45) is 0 Å². The predicted molar refractivity (Wildman–Crippen MR) is 118 cm³/mol. The molecule has 0 N–H and O–H groups in total. The van der Waals surface area contributed by atoms with Crippen LogP contribution in [0.3, 0.4) is 0 Å². The molecule has 0 fully saturated rings. The predicted octanol–water partition coefficient (Wildman–Crippen LogP) is 7.69. The highest BCUT2D eigenvalue weighted by molar-refractivity contribution is 7.79. The van der Waals surface area contributed by atoms with Gasteiger partial charge in [0.25, 0.3) is 0 Å². The van der Waals surface area contributed by atoms with E-state index in [0.717, 1.165) is 0 Å². The van der Waals surface area contributed by atoms with Crippen molar-refractivity contribution in [1.82, 2.24) is 0 Å². The van der Waals surface area contributed by atoms with Crippen LogP contribution >= 0.6 is 7.92 Å². The molecule has 0 bridgehead atoms. The van der Waals surface area contributed by atoms with Crippen LogP contribution in [0, 0.1) is 0 Å². The van der Waals surface area contributed by atoms with Gasteiger partial charge in [0.2, 0.25) is 0 Å². The minimum Gasteiger partial charge on any atom is -0.428 e. The standard InChI is InChI=1S/C24H12F9O3P/c25-19(26)22(31)34-13-1-7-16(8-2-13)37(17-9-3-14(4-10-17)35-23(32)20(27)28)18-11-5-15(6-12-18)36-24(33)21(29)30/h1-12H. The third kappa shape index (κ3) is 7.53. The molecule has 0 aliphatic heterocycles. The number of rotatable bonds is 9. The third-order valence-corrected chi connectivity index (χ3v) is 6.80. The molecule has 37 heavy (non-hydrogen) atoms. The first kappa shape index (κ1) is 27.7. The SMILES string of the molecule is FC(F)=C(F)Oc1ccc(P(c2ccc(OC(F)=C(F)F)cc2)c2ccc(OC(F)=C(F)F)cc2)cc1. The summed E-state index contributed by atoms with van der Waals surface area (Å²) in [5.74, 6) is -0.701. The topological polar surface area (TPSA) is 27.7 Å². The van der Waals surface area contributed by atoms with E-state index in [2.05, 4.69) is 14.2 Å². The van der Waals surface area contributed by atoms with Gasteiger partial charge in [-0.1, -0.05) is 36.4 Å². The Morgan fingerprint density at radius 2 is 0.595 bits per heavy atom. The number of halogens is 9. The second-order valence-electron chi connectivity index (χ2n) is 6.73. The van der Waals surface area contributed by atoms with Crippen LogP contribution in [0.5, 0.6) is 17.2 Å². The normalized spacial score (nSPS) is 10.5. The molecule has 0 aliphatic carbocycles. The highest BCUT2D eigenvalue weighted by Crippen LogP contribution is 2.35. The molecule has 3 aromatic rings. The lowest BCUT2D eigenvalue weighted by molar-refractivity contribution is 0.241. The van der Waals surface area contributed by atoms with E-state index >= 15 is 0 Å². The van der Waals surface area contributed by atoms with Crippen molar-refractivity contribution in [2.75, 3.05) is 0 Å². The van der Waals surface area contributed by atoms with E-state index in [-0.39, 0.29) is 17.2 Å². The molecule has 0 saturated carbocycles. The molecule has 0 saturated heterocycles. The first-order valence-corrected chi connectivity index (χ1v) is 11.2. The van der Waals surface area contributed by atoms with E-state index in [1.165, 1.54) is 72.8 Å². The number of hydrogen-bond donors (Lipinski definition) is 0. The molecule has 13 heteroatoms. The largest absolute Gasteiger partial charge is 0.428 e. The van der Waals surface area contributed by atoms with Crippen LogP contribution in [-0.2, 0) is 0 Å². The minimum atomic E-state index is -2.64. The van der Waals surface area contributed by atoms with Gasteiger partial charge in [-0.3, -0.25) is 0 Å². The molecule has 0 atom stereocenters. The van der Waals surface area contributed by atoms with Crippen molar-refractivity contribution < 1.29 is 53.7 Å². The third-order valence-electron chi connectivity index (χ3n) is 4.35. The molecular weight excluding hydrogens is 538 g/mol. The molecule has 0 amide bonds. The summed E-state index contributed by atoms with van der Waals surface area (Å²) in [6, 6.07) is 9.77. The Labute approximate surface area is 204 Å². The van der Waals surface area contributed by atoms with E-state index in [1.807, 2.05) is 0 Å². The van der Waals surface area contributed by atoms with Gasteiger partial charge in [0.15, 0.2) is 0 Å². The molecule has 0 spiro atoms. The van der Waals surface area contributed by atoms with Gasteiger partial charge in [-0.15, -0.1) is 0 Å². The van der Waals surface area contributed by atoms with Crippen LogP contribution in [-0.4, -0.2) is 0 Å². The first-order valence-electron chi connectivity index (χ1n) is 9.81. The highest BCUT2D eigenvalue weighted by atomic mass is 31.1. The molecule has 0 aromatic heterocycles. The molecule has 194 valence electrons. The second-order valence-corrected chi connectivity index (χ2v) is 8.95. The summed E-state index contributed by atoms with van der Waals surface area (Å²) >= 11 is 0. The van der Waals surface area contributed by atoms with Crippen LogP contribution in [0.1, 0.15) is 0 Å². The Morgan fingerprint density at radius 3 is 0.784 bits per heavy atom. The van der Waals surface area contributed by atoms with Crippen LogP contribution in [0.2, 0.25) is 0 Å². The zero-order chi connectivity index (χ0) is 27.1. The van der Waals surface area contributed by atoms with Gasteiger partial charge in [-0.25, -0.2) is 0 Å². The van der Waals surface area contributed by atoms with E-state index < -0.39 is 44.2 Å². The Bertz CT molecular complexity index is 1150. The zero-order valence-corrected chi connectivity index (χ0v) is 18.9. The van der Waals surface area contributed by atoms with Gasteiger partial charge in [0.05, 0.1) is 0 Å². The first-order chi connectivity index (χ1) is 17.5. The zero-order valence-electron chi connectivity index (χ0n) is 18.0. The summed E-state index contributed by atoms with van der Waals surface area (Å²) in [5.41, 5.74) is 0. The van der Waals surface area contributed by atoms with Crippen molar-refractivity contribution in [2.45, 2.75) is 0 Å². The Morgan fingerprint density at radius 1 is 0.378 bits per heavy atom. The summed E-state index contributed by atoms with van der Waals surface area (Å²) in [4.78, 5) is 0. The van der Waals surface area contributed by atoms with Gasteiger partial charge in [-0.05, 0) is 60.2 Å². The average Bonchev–Trinajstić information content (AvgIpc) is 2.87. The summed E-state index contributed by atoms with van der Waals surface area (Å²) in [5, 5.41) is 1.66. The van der Waals surface area contributed by atoms with Gasteiger partial charge in [0, 0.05) is 0 Å². The average molecular weight is 550 g/mol. The van der Waals surface area contributed by atoms with Gasteiger partial charge < -0.3 is 14.2 Å². The summed E-state index contributed by atoms with van der Waals surface area (Å²) < 4.78 is 126. The van der Waals surface area contributed by atoms with E-state index in [0.29, 0.717) is 15.9 Å². The fourth-order valence-electron chi connectivity index (χ4n) is 2.86. The van der Waals surface area contributed by atoms with Crippen LogP contribution in [0.4, 0.5) is 39.5 Å². The van der Waals surface area contributed by atoms with Crippen molar-refractivity contribution in [3.8, 4) is 17.2 Å². The molecule has 0 heterocycles. The number of benzene rings is 3. The van der Waals surface area contributed by atoms with E-state index in [9.17, 15) is 39.5 Å². The molecule has 0 aliphatic rings. The van der Waals surface area contributed by atoms with Gasteiger partial charge >= 0.3 is 36.3 Å². The maximum Gasteiger partial charge on any atom is 0.344 e. The van der Waals surface area contributed by atoms with Crippen molar-refractivity contribution in [1.29, 1.82) is 0 Å². The fraction of sp³-hybridized carbons (Fsp3) is 0. The Hall–Kier alpha value is -3.92. The molecule has 3 aromatic carbocycles. The quantitative estimate of drug-likeness (QED) is 0.155. The summed E-state index contributed by atoms with van der Waals surface area (Å²) in [7, 11) is -1.51. The lowest BCUT2D eigenvalue weighted by Gasteiger charge is -2.20. The minimum absolute atomic E-state index is 0.234. The maximum atomic E-state index is 13.1. The molecule has 0 radical (unpaired) electrons. The maximum absolute atomic E-state index is 13.1. The molecule has 3 nitrogen and oxygen atoms in total. The van der Waals surface area contributed by atoms with E-state index in [4.69, 9.17) is 0 Å². The van der Waals surface area contributed by atoms with E-state index in [1.54, 1.807) is 0 Å². The summed E-state index contributed by atoms with van der Waals surface area (Å²) in [6.45, 7) is 0. The van der Waals surface area contributed by atoms with Crippen molar-refractivity contribution >= 4 is 23.8 Å². The number of ether oxygens (including phenoxy) is 3.